The van der Waals surface area contributed by atoms with Crippen molar-refractivity contribution < 1.29 is 0 Å². The number of likely N-dealkylation sites (N-methyl/N-ethyl adjacent to an activating group) is 1. The summed E-state index contributed by atoms with van der Waals surface area (Å²) < 4.78 is 0. The van der Waals surface area contributed by atoms with E-state index in [9.17, 15) is 0 Å². The highest BCUT2D eigenvalue weighted by molar-refractivity contribution is 7.09. The molecule has 0 aliphatic carbocycles. The molecule has 1 unspecified atom stereocenters. The molecule has 1 atom stereocenters. The Morgan fingerprint density at radius 2 is 2.00 bits per heavy atom. The van der Waals surface area contributed by atoms with Crippen LogP contribution in [0.1, 0.15) is 51.2 Å². The number of aromatic nitrogens is 1. The first-order chi connectivity index (χ1) is 7.36. The molecular formula is C13H24N2S. The first-order valence-corrected chi connectivity index (χ1v) is 6.84. The Labute approximate surface area is 103 Å². The first kappa shape index (κ1) is 13.7. The van der Waals surface area contributed by atoms with E-state index < -0.39 is 0 Å². The fraction of sp³-hybridized carbons (Fsp3) is 0.769. The molecule has 0 aliphatic rings. The van der Waals surface area contributed by atoms with Crippen LogP contribution in [-0.4, -0.2) is 18.6 Å². The normalized spacial score (nSPS) is 14.4. The summed E-state index contributed by atoms with van der Waals surface area (Å²) in [5.41, 5.74) is 1.38. The second kappa shape index (κ2) is 5.28. The highest BCUT2D eigenvalue weighted by Gasteiger charge is 2.22. The number of nitrogens with zero attached hydrogens (tertiary/aromatic N) is 1. The van der Waals surface area contributed by atoms with Crippen molar-refractivity contribution in [3.8, 4) is 0 Å². The van der Waals surface area contributed by atoms with Crippen molar-refractivity contribution >= 4 is 11.3 Å². The first-order valence-electron chi connectivity index (χ1n) is 5.96. The zero-order valence-corrected chi connectivity index (χ0v) is 12.1. The molecule has 1 aromatic rings. The van der Waals surface area contributed by atoms with Gasteiger partial charge in [-0.2, -0.15) is 0 Å². The van der Waals surface area contributed by atoms with Crippen LogP contribution in [0.4, 0.5) is 0 Å². The number of thiazole rings is 1. The van der Waals surface area contributed by atoms with Gasteiger partial charge in [0.15, 0.2) is 0 Å². The zero-order valence-electron chi connectivity index (χ0n) is 11.3. The molecule has 0 aromatic carbocycles. The van der Waals surface area contributed by atoms with Crippen LogP contribution in [-0.2, 0) is 5.41 Å². The number of nitrogens with one attached hydrogen (secondary N) is 1. The van der Waals surface area contributed by atoms with E-state index in [0.29, 0.717) is 11.8 Å². The van der Waals surface area contributed by atoms with Crippen molar-refractivity contribution in [2.24, 2.45) is 5.92 Å². The van der Waals surface area contributed by atoms with Gasteiger partial charge in [-0.15, -0.1) is 11.3 Å². The van der Waals surface area contributed by atoms with Crippen molar-refractivity contribution in [1.29, 1.82) is 0 Å². The van der Waals surface area contributed by atoms with Gasteiger partial charge in [0.2, 0.25) is 0 Å². The van der Waals surface area contributed by atoms with E-state index in [0.717, 1.165) is 6.54 Å². The van der Waals surface area contributed by atoms with Crippen molar-refractivity contribution in [2.75, 3.05) is 13.6 Å². The Hall–Kier alpha value is -0.410. The average Bonchev–Trinajstić information content (AvgIpc) is 2.61. The fourth-order valence-electron chi connectivity index (χ4n) is 1.63. The van der Waals surface area contributed by atoms with Gasteiger partial charge in [0.25, 0.3) is 0 Å². The summed E-state index contributed by atoms with van der Waals surface area (Å²) in [5.74, 6) is 1.16. The molecule has 1 N–H and O–H groups in total. The third-order valence-corrected chi connectivity index (χ3v) is 3.81. The van der Waals surface area contributed by atoms with Gasteiger partial charge in [0.1, 0.15) is 0 Å². The van der Waals surface area contributed by atoms with Crippen molar-refractivity contribution in [2.45, 2.75) is 46.0 Å². The van der Waals surface area contributed by atoms with Crippen molar-refractivity contribution in [1.82, 2.24) is 10.3 Å². The molecule has 1 aromatic heterocycles. The molecule has 3 heteroatoms. The van der Waals surface area contributed by atoms with E-state index in [1.165, 1.54) is 10.7 Å². The van der Waals surface area contributed by atoms with Crippen LogP contribution in [0.3, 0.4) is 0 Å². The maximum Gasteiger partial charge on any atom is 0.0974 e. The monoisotopic (exact) mass is 240 g/mol. The molecule has 16 heavy (non-hydrogen) atoms. The molecule has 0 saturated heterocycles. The number of rotatable bonds is 4. The van der Waals surface area contributed by atoms with Gasteiger partial charge in [-0.3, -0.25) is 0 Å². The summed E-state index contributed by atoms with van der Waals surface area (Å²) in [5, 5.41) is 6.74. The highest BCUT2D eigenvalue weighted by Crippen LogP contribution is 2.30. The lowest BCUT2D eigenvalue weighted by Crippen LogP contribution is -2.21. The lowest BCUT2D eigenvalue weighted by atomic mass is 9.92. The minimum atomic E-state index is 0.163. The maximum absolute atomic E-state index is 4.80. The lowest BCUT2D eigenvalue weighted by molar-refractivity contribution is 0.472. The second-order valence-electron chi connectivity index (χ2n) is 5.73. The van der Waals surface area contributed by atoms with E-state index in [2.05, 4.69) is 45.3 Å². The Balaban J connectivity index is 2.90. The quantitative estimate of drug-likeness (QED) is 0.872. The SMILES string of the molecule is CNCC(c1nc(C(C)(C)C)cs1)C(C)C. The fourth-order valence-corrected chi connectivity index (χ4v) is 2.95. The molecule has 0 fully saturated rings. The largest absolute Gasteiger partial charge is 0.319 e. The summed E-state index contributed by atoms with van der Waals surface area (Å²) in [7, 11) is 2.01. The summed E-state index contributed by atoms with van der Waals surface area (Å²) >= 11 is 1.80. The standard InChI is InChI=1S/C13H24N2S/c1-9(2)10(7-14-6)12-15-11(8-16-12)13(3,4)5/h8-10,14H,7H2,1-6H3. The molecule has 0 amide bonds. The van der Waals surface area contributed by atoms with Gasteiger partial charge >= 0.3 is 0 Å². The molecule has 0 aliphatic heterocycles. The van der Waals surface area contributed by atoms with Crippen molar-refractivity contribution in [3.63, 3.8) is 0 Å². The van der Waals surface area contributed by atoms with Gasteiger partial charge in [0, 0.05) is 23.3 Å². The van der Waals surface area contributed by atoms with Crippen LogP contribution in [0.2, 0.25) is 0 Å². The molecule has 0 bridgehead atoms. The Bertz CT molecular complexity index is 323. The lowest BCUT2D eigenvalue weighted by Gasteiger charge is -2.19. The predicted molar refractivity (Wildman–Crippen MR) is 72.3 cm³/mol. The van der Waals surface area contributed by atoms with Gasteiger partial charge in [-0.25, -0.2) is 4.98 Å². The average molecular weight is 240 g/mol. The Morgan fingerprint density at radius 1 is 1.38 bits per heavy atom. The minimum Gasteiger partial charge on any atom is -0.319 e. The molecule has 0 saturated carbocycles. The second-order valence-corrected chi connectivity index (χ2v) is 6.62. The zero-order chi connectivity index (χ0) is 12.3. The summed E-state index contributed by atoms with van der Waals surface area (Å²) in [6.45, 7) is 12.2. The van der Waals surface area contributed by atoms with Crippen molar-refractivity contribution in [3.05, 3.63) is 16.1 Å². The van der Waals surface area contributed by atoms with Gasteiger partial charge in [0.05, 0.1) is 10.7 Å². The molecule has 1 rings (SSSR count). The minimum absolute atomic E-state index is 0.163. The smallest absolute Gasteiger partial charge is 0.0974 e. The topological polar surface area (TPSA) is 24.9 Å². The molecular weight excluding hydrogens is 216 g/mol. The highest BCUT2D eigenvalue weighted by atomic mass is 32.1. The van der Waals surface area contributed by atoms with Crippen LogP contribution in [0.25, 0.3) is 0 Å². The van der Waals surface area contributed by atoms with E-state index in [4.69, 9.17) is 4.98 Å². The molecule has 92 valence electrons. The molecule has 2 nitrogen and oxygen atoms in total. The summed E-state index contributed by atoms with van der Waals surface area (Å²) in [6, 6.07) is 0. The molecule has 1 heterocycles. The maximum atomic E-state index is 4.80. The van der Waals surface area contributed by atoms with Gasteiger partial charge < -0.3 is 5.32 Å². The van der Waals surface area contributed by atoms with E-state index in [-0.39, 0.29) is 5.41 Å². The van der Waals surface area contributed by atoms with E-state index >= 15 is 0 Å². The van der Waals surface area contributed by atoms with Gasteiger partial charge in [-0.05, 0) is 13.0 Å². The third kappa shape index (κ3) is 3.29. The van der Waals surface area contributed by atoms with E-state index in [1.54, 1.807) is 11.3 Å². The van der Waals surface area contributed by atoms with Crippen LogP contribution < -0.4 is 5.32 Å². The summed E-state index contributed by atoms with van der Waals surface area (Å²) in [6.07, 6.45) is 0. The Morgan fingerprint density at radius 3 is 2.38 bits per heavy atom. The Kier molecular flexibility index (Phi) is 4.51. The number of hydrogen-bond donors (Lipinski definition) is 1. The molecule has 0 radical (unpaired) electrons. The van der Waals surface area contributed by atoms with Gasteiger partial charge in [-0.1, -0.05) is 34.6 Å². The van der Waals surface area contributed by atoms with Crippen LogP contribution in [0.5, 0.6) is 0 Å². The van der Waals surface area contributed by atoms with Crippen LogP contribution in [0.15, 0.2) is 5.38 Å². The third-order valence-electron chi connectivity index (χ3n) is 2.84. The molecule has 0 spiro atoms. The van der Waals surface area contributed by atoms with E-state index in [1.807, 2.05) is 7.05 Å². The van der Waals surface area contributed by atoms with Crippen LogP contribution >= 0.6 is 11.3 Å². The predicted octanol–water partition coefficient (Wildman–Crippen LogP) is 3.40. The number of hydrogen-bond acceptors (Lipinski definition) is 3. The summed E-state index contributed by atoms with van der Waals surface area (Å²) in [4.78, 5) is 4.80. The van der Waals surface area contributed by atoms with Crippen LogP contribution in [0, 0.1) is 5.92 Å².